The van der Waals surface area contributed by atoms with Crippen LogP contribution in [-0.4, -0.2) is 44.8 Å². The Kier molecular flexibility index (Phi) is 6.33. The Hall–Kier alpha value is -0.780. The summed E-state index contributed by atoms with van der Waals surface area (Å²) in [5.74, 6) is 1.52. The van der Waals surface area contributed by atoms with Gasteiger partial charge in [-0.1, -0.05) is 6.92 Å². The van der Waals surface area contributed by atoms with Gasteiger partial charge in [-0.25, -0.2) is 0 Å². The predicted octanol–water partition coefficient (Wildman–Crippen LogP) is 3.04. The van der Waals surface area contributed by atoms with Gasteiger partial charge >= 0.3 is 0 Å². The van der Waals surface area contributed by atoms with Crippen molar-refractivity contribution >= 4 is 15.9 Å². The van der Waals surface area contributed by atoms with Crippen LogP contribution >= 0.6 is 15.9 Å². The molecule has 1 aliphatic heterocycles. The van der Waals surface area contributed by atoms with E-state index in [4.69, 9.17) is 9.47 Å². The van der Waals surface area contributed by atoms with Crippen LogP contribution in [0.3, 0.4) is 0 Å². The van der Waals surface area contributed by atoms with Crippen LogP contribution in [-0.2, 0) is 6.54 Å². The van der Waals surface area contributed by atoms with Gasteiger partial charge < -0.3 is 19.7 Å². The number of likely N-dealkylation sites (tertiary alicyclic amines) is 1. The van der Waals surface area contributed by atoms with E-state index >= 15 is 0 Å². The summed E-state index contributed by atoms with van der Waals surface area (Å²) in [7, 11) is 3.32. The van der Waals surface area contributed by atoms with Gasteiger partial charge in [-0.2, -0.15) is 0 Å². The Morgan fingerprint density at radius 3 is 2.52 bits per heavy atom. The maximum atomic E-state index is 5.39. The van der Waals surface area contributed by atoms with Crippen molar-refractivity contribution in [3.05, 3.63) is 22.2 Å². The third-order valence-corrected chi connectivity index (χ3v) is 4.71. The van der Waals surface area contributed by atoms with Gasteiger partial charge in [-0.3, -0.25) is 0 Å². The molecule has 0 radical (unpaired) electrons. The molecule has 0 saturated carbocycles. The summed E-state index contributed by atoms with van der Waals surface area (Å²) in [6, 6.07) is 4.74. The van der Waals surface area contributed by atoms with Crippen LogP contribution in [0.2, 0.25) is 0 Å². The average molecular weight is 357 g/mol. The molecule has 1 fully saturated rings. The second-order valence-electron chi connectivity index (χ2n) is 5.40. The van der Waals surface area contributed by atoms with E-state index in [2.05, 4.69) is 39.1 Å². The van der Waals surface area contributed by atoms with Crippen molar-refractivity contribution in [2.24, 2.45) is 0 Å². The maximum Gasteiger partial charge on any atom is 0.174 e. The van der Waals surface area contributed by atoms with Gasteiger partial charge in [-0.05, 0) is 66.1 Å². The lowest BCUT2D eigenvalue weighted by atomic mass is 10.0. The largest absolute Gasteiger partial charge is 0.493 e. The fraction of sp³-hybridized carbons (Fsp3) is 0.625. The first-order chi connectivity index (χ1) is 10.2. The molecule has 0 aromatic heterocycles. The summed E-state index contributed by atoms with van der Waals surface area (Å²) < 4.78 is 11.7. The topological polar surface area (TPSA) is 33.7 Å². The summed E-state index contributed by atoms with van der Waals surface area (Å²) in [6.07, 6.45) is 2.45. The SMILES string of the molecule is CCN1CCC(NCc2cc(Br)c(OC)c(OC)c2)CC1. The minimum atomic E-state index is 0.611. The summed E-state index contributed by atoms with van der Waals surface area (Å²) in [6.45, 7) is 6.65. The molecule has 1 aromatic rings. The van der Waals surface area contributed by atoms with Crippen LogP contribution < -0.4 is 14.8 Å². The van der Waals surface area contributed by atoms with E-state index in [1.807, 2.05) is 6.07 Å². The minimum Gasteiger partial charge on any atom is -0.493 e. The van der Waals surface area contributed by atoms with Gasteiger partial charge in [-0.15, -0.1) is 0 Å². The van der Waals surface area contributed by atoms with Crippen molar-refractivity contribution < 1.29 is 9.47 Å². The molecule has 1 aliphatic rings. The van der Waals surface area contributed by atoms with Crippen molar-refractivity contribution in [2.75, 3.05) is 33.9 Å². The lowest BCUT2D eigenvalue weighted by molar-refractivity contribution is 0.206. The molecule has 1 heterocycles. The first kappa shape index (κ1) is 16.6. The van der Waals surface area contributed by atoms with E-state index in [1.165, 1.54) is 31.5 Å². The van der Waals surface area contributed by atoms with Crippen LogP contribution in [0.25, 0.3) is 0 Å². The molecular formula is C16H25BrN2O2. The molecule has 0 aliphatic carbocycles. The Balaban J connectivity index is 1.93. The Labute approximate surface area is 135 Å². The fourth-order valence-corrected chi connectivity index (χ4v) is 3.44. The summed E-state index contributed by atoms with van der Waals surface area (Å²) in [5.41, 5.74) is 1.21. The monoisotopic (exact) mass is 356 g/mol. The number of nitrogens with zero attached hydrogens (tertiary/aromatic N) is 1. The number of piperidine rings is 1. The van der Waals surface area contributed by atoms with Crippen LogP contribution in [0, 0.1) is 0 Å². The number of methoxy groups -OCH3 is 2. The van der Waals surface area contributed by atoms with Crippen molar-refractivity contribution in [3.63, 3.8) is 0 Å². The Bertz CT molecular complexity index is 460. The lowest BCUT2D eigenvalue weighted by Crippen LogP contribution is -2.42. The highest BCUT2D eigenvalue weighted by molar-refractivity contribution is 9.10. The molecule has 5 heteroatoms. The summed E-state index contributed by atoms with van der Waals surface area (Å²) in [5, 5.41) is 3.65. The quantitative estimate of drug-likeness (QED) is 0.849. The second-order valence-corrected chi connectivity index (χ2v) is 6.26. The zero-order valence-corrected chi connectivity index (χ0v) is 14.7. The number of ether oxygens (including phenoxy) is 2. The van der Waals surface area contributed by atoms with E-state index in [-0.39, 0.29) is 0 Å². The van der Waals surface area contributed by atoms with Gasteiger partial charge in [0.05, 0.1) is 18.7 Å². The van der Waals surface area contributed by atoms with Crippen molar-refractivity contribution in [1.29, 1.82) is 0 Å². The fourth-order valence-electron chi connectivity index (χ4n) is 2.79. The molecule has 0 bridgehead atoms. The summed E-state index contributed by atoms with van der Waals surface area (Å²) in [4.78, 5) is 2.51. The van der Waals surface area contributed by atoms with E-state index in [1.54, 1.807) is 14.2 Å². The zero-order chi connectivity index (χ0) is 15.2. The molecule has 0 spiro atoms. The van der Waals surface area contributed by atoms with Gasteiger partial charge in [0, 0.05) is 12.6 Å². The summed E-state index contributed by atoms with van der Waals surface area (Å²) >= 11 is 3.54. The van der Waals surface area contributed by atoms with Gasteiger partial charge in [0.15, 0.2) is 11.5 Å². The van der Waals surface area contributed by atoms with Crippen molar-refractivity contribution in [2.45, 2.75) is 32.4 Å². The number of benzene rings is 1. The highest BCUT2D eigenvalue weighted by atomic mass is 79.9. The Morgan fingerprint density at radius 1 is 1.24 bits per heavy atom. The van der Waals surface area contributed by atoms with Crippen LogP contribution in [0.15, 0.2) is 16.6 Å². The molecular weight excluding hydrogens is 332 g/mol. The molecule has 4 nitrogen and oxygen atoms in total. The van der Waals surface area contributed by atoms with Gasteiger partial charge in [0.2, 0.25) is 0 Å². The van der Waals surface area contributed by atoms with Crippen LogP contribution in [0.5, 0.6) is 11.5 Å². The molecule has 1 N–H and O–H groups in total. The molecule has 118 valence electrons. The number of hydrogen-bond donors (Lipinski definition) is 1. The first-order valence-electron chi connectivity index (χ1n) is 7.54. The highest BCUT2D eigenvalue weighted by Crippen LogP contribution is 2.36. The third kappa shape index (κ3) is 4.34. The molecule has 0 unspecified atom stereocenters. The standard InChI is InChI=1S/C16H25BrN2O2/c1-4-19-7-5-13(6-8-19)18-11-12-9-14(17)16(21-3)15(10-12)20-2/h9-10,13,18H,4-8,11H2,1-3H3. The van der Waals surface area contributed by atoms with Crippen molar-refractivity contribution in [3.8, 4) is 11.5 Å². The van der Waals surface area contributed by atoms with E-state index in [0.717, 1.165) is 29.1 Å². The first-order valence-corrected chi connectivity index (χ1v) is 8.33. The minimum absolute atomic E-state index is 0.611. The normalized spacial score (nSPS) is 17.0. The average Bonchev–Trinajstić information content (AvgIpc) is 2.52. The number of halogens is 1. The Morgan fingerprint density at radius 2 is 1.95 bits per heavy atom. The lowest BCUT2D eigenvalue weighted by Gasteiger charge is -2.31. The van der Waals surface area contributed by atoms with Gasteiger partial charge in [0.1, 0.15) is 0 Å². The van der Waals surface area contributed by atoms with E-state index in [9.17, 15) is 0 Å². The molecule has 0 amide bonds. The number of rotatable bonds is 6. The smallest absolute Gasteiger partial charge is 0.174 e. The molecule has 21 heavy (non-hydrogen) atoms. The van der Waals surface area contributed by atoms with Crippen LogP contribution in [0.4, 0.5) is 0 Å². The predicted molar refractivity (Wildman–Crippen MR) is 89.2 cm³/mol. The van der Waals surface area contributed by atoms with Crippen molar-refractivity contribution in [1.82, 2.24) is 10.2 Å². The third-order valence-electron chi connectivity index (χ3n) is 4.12. The molecule has 1 saturated heterocycles. The number of hydrogen-bond acceptors (Lipinski definition) is 4. The number of nitrogens with one attached hydrogen (secondary N) is 1. The molecule has 0 atom stereocenters. The highest BCUT2D eigenvalue weighted by Gasteiger charge is 2.18. The van der Waals surface area contributed by atoms with Crippen LogP contribution in [0.1, 0.15) is 25.3 Å². The van der Waals surface area contributed by atoms with E-state index in [0.29, 0.717) is 6.04 Å². The second kappa shape index (κ2) is 8.01. The van der Waals surface area contributed by atoms with Gasteiger partial charge in [0.25, 0.3) is 0 Å². The van der Waals surface area contributed by atoms with E-state index < -0.39 is 0 Å². The zero-order valence-electron chi connectivity index (χ0n) is 13.1. The maximum absolute atomic E-state index is 5.39. The molecule has 2 rings (SSSR count). The molecule has 1 aromatic carbocycles.